The molecule has 0 aliphatic carbocycles. The molecular weight excluding hydrogens is 214 g/mol. The summed E-state index contributed by atoms with van der Waals surface area (Å²) in [6, 6.07) is 0. The van der Waals surface area contributed by atoms with Gasteiger partial charge in [0.2, 0.25) is 0 Å². The van der Waals surface area contributed by atoms with Crippen molar-refractivity contribution in [3.05, 3.63) is 18.2 Å². The number of anilines is 1. The Kier molecular flexibility index (Phi) is 2.49. The number of aryl methyl sites for hydroxylation is 1. The lowest BCUT2D eigenvalue weighted by atomic mass is 10.1. The zero-order valence-corrected chi connectivity index (χ0v) is 11.0. The fourth-order valence-corrected chi connectivity index (χ4v) is 1.83. The van der Waals surface area contributed by atoms with Crippen LogP contribution in [0.3, 0.4) is 0 Å². The van der Waals surface area contributed by atoms with Crippen LogP contribution >= 0.6 is 0 Å². The van der Waals surface area contributed by atoms with E-state index in [0.717, 1.165) is 17.0 Å². The molecule has 5 heteroatoms. The first-order valence-corrected chi connectivity index (χ1v) is 5.64. The maximum atomic E-state index is 6.16. The number of hydrogen-bond donors (Lipinski definition) is 1. The van der Waals surface area contributed by atoms with Crippen LogP contribution in [-0.4, -0.2) is 19.3 Å². The van der Waals surface area contributed by atoms with Crippen molar-refractivity contribution in [1.29, 1.82) is 0 Å². The van der Waals surface area contributed by atoms with E-state index in [2.05, 4.69) is 30.9 Å². The molecule has 2 aromatic heterocycles. The van der Waals surface area contributed by atoms with Gasteiger partial charge in [0, 0.05) is 23.8 Å². The molecule has 0 aliphatic rings. The van der Waals surface area contributed by atoms with Crippen molar-refractivity contribution in [3.8, 4) is 11.3 Å². The quantitative estimate of drug-likeness (QED) is 0.818. The number of aromatic nitrogens is 4. The smallest absolute Gasteiger partial charge is 0.132 e. The average Bonchev–Trinajstić information content (AvgIpc) is 2.72. The van der Waals surface area contributed by atoms with Crippen LogP contribution in [0.25, 0.3) is 11.3 Å². The average molecular weight is 233 g/mol. The fraction of sp³-hybridized carbons (Fsp3) is 0.500. The SMILES string of the molecule is Cc1c(-c2ncn(C(C)(C)C)c2N)cnn1C. The highest BCUT2D eigenvalue weighted by atomic mass is 15.3. The minimum absolute atomic E-state index is 0.0640. The van der Waals surface area contributed by atoms with Crippen molar-refractivity contribution in [3.63, 3.8) is 0 Å². The lowest BCUT2D eigenvalue weighted by Crippen LogP contribution is -2.22. The summed E-state index contributed by atoms with van der Waals surface area (Å²) in [7, 11) is 1.91. The van der Waals surface area contributed by atoms with Gasteiger partial charge < -0.3 is 10.3 Å². The molecule has 2 N–H and O–H groups in total. The Bertz CT molecular complexity index is 542. The predicted octanol–water partition coefficient (Wildman–Crippen LogP) is 1.93. The third-order valence-electron chi connectivity index (χ3n) is 3.02. The summed E-state index contributed by atoms with van der Waals surface area (Å²) in [5.41, 5.74) is 8.97. The summed E-state index contributed by atoms with van der Waals surface area (Å²) >= 11 is 0. The molecular formula is C12H19N5. The first-order chi connectivity index (χ1) is 7.82. The van der Waals surface area contributed by atoms with Gasteiger partial charge in [0.25, 0.3) is 0 Å². The third kappa shape index (κ3) is 1.81. The Labute approximate surface area is 101 Å². The van der Waals surface area contributed by atoms with Crippen LogP contribution in [0.5, 0.6) is 0 Å². The number of hydrogen-bond acceptors (Lipinski definition) is 3. The van der Waals surface area contributed by atoms with Gasteiger partial charge in [0.1, 0.15) is 11.5 Å². The number of nitrogen functional groups attached to an aromatic ring is 1. The monoisotopic (exact) mass is 233 g/mol. The Hall–Kier alpha value is -1.78. The van der Waals surface area contributed by atoms with Crippen molar-refractivity contribution in [2.45, 2.75) is 33.2 Å². The molecule has 0 aliphatic heterocycles. The molecule has 0 amide bonds. The number of nitrogens with two attached hydrogens (primary N) is 1. The van der Waals surface area contributed by atoms with Gasteiger partial charge in [-0.25, -0.2) is 4.98 Å². The normalized spacial score (nSPS) is 12.1. The Morgan fingerprint density at radius 1 is 1.29 bits per heavy atom. The highest BCUT2D eigenvalue weighted by molar-refractivity contribution is 5.71. The van der Waals surface area contributed by atoms with E-state index < -0.39 is 0 Å². The fourth-order valence-electron chi connectivity index (χ4n) is 1.83. The molecule has 2 heterocycles. The van der Waals surface area contributed by atoms with E-state index in [1.54, 1.807) is 12.5 Å². The molecule has 0 bridgehead atoms. The van der Waals surface area contributed by atoms with E-state index in [1.807, 2.05) is 23.2 Å². The van der Waals surface area contributed by atoms with Crippen LogP contribution in [0.1, 0.15) is 26.5 Å². The van der Waals surface area contributed by atoms with Gasteiger partial charge in [-0.3, -0.25) is 4.68 Å². The largest absolute Gasteiger partial charge is 0.383 e. The first kappa shape index (κ1) is 11.7. The Balaban J connectivity index is 2.56. The molecule has 0 unspecified atom stereocenters. The molecule has 2 rings (SSSR count). The molecule has 0 aromatic carbocycles. The van der Waals surface area contributed by atoms with Crippen LogP contribution in [0, 0.1) is 6.92 Å². The minimum Gasteiger partial charge on any atom is -0.383 e. The molecule has 0 spiro atoms. The summed E-state index contributed by atoms with van der Waals surface area (Å²) < 4.78 is 3.81. The number of nitrogens with zero attached hydrogens (tertiary/aromatic N) is 4. The van der Waals surface area contributed by atoms with Crippen LogP contribution < -0.4 is 5.73 Å². The number of rotatable bonds is 1. The molecule has 5 nitrogen and oxygen atoms in total. The molecule has 0 atom stereocenters. The highest BCUT2D eigenvalue weighted by Crippen LogP contribution is 2.30. The topological polar surface area (TPSA) is 61.7 Å². The maximum Gasteiger partial charge on any atom is 0.132 e. The van der Waals surface area contributed by atoms with Gasteiger partial charge in [-0.2, -0.15) is 5.10 Å². The van der Waals surface area contributed by atoms with Crippen molar-refractivity contribution in [2.75, 3.05) is 5.73 Å². The summed E-state index contributed by atoms with van der Waals surface area (Å²) in [5.74, 6) is 0.689. The van der Waals surface area contributed by atoms with Crippen molar-refractivity contribution in [1.82, 2.24) is 19.3 Å². The van der Waals surface area contributed by atoms with E-state index in [0.29, 0.717) is 5.82 Å². The van der Waals surface area contributed by atoms with Crippen molar-refractivity contribution >= 4 is 5.82 Å². The summed E-state index contributed by atoms with van der Waals surface area (Å²) in [6.07, 6.45) is 3.60. The maximum absolute atomic E-state index is 6.16. The minimum atomic E-state index is -0.0640. The second kappa shape index (κ2) is 3.61. The van der Waals surface area contributed by atoms with Crippen LogP contribution in [0.15, 0.2) is 12.5 Å². The van der Waals surface area contributed by atoms with E-state index in [9.17, 15) is 0 Å². The highest BCUT2D eigenvalue weighted by Gasteiger charge is 2.21. The second-order valence-corrected chi connectivity index (χ2v) is 5.29. The lowest BCUT2D eigenvalue weighted by molar-refractivity contribution is 0.402. The van der Waals surface area contributed by atoms with Crippen molar-refractivity contribution < 1.29 is 0 Å². The van der Waals surface area contributed by atoms with Crippen LogP contribution in [0.4, 0.5) is 5.82 Å². The predicted molar refractivity (Wildman–Crippen MR) is 68.6 cm³/mol. The van der Waals surface area contributed by atoms with Crippen molar-refractivity contribution in [2.24, 2.45) is 7.05 Å². The van der Waals surface area contributed by atoms with Gasteiger partial charge in [0.05, 0.1) is 12.5 Å². The van der Waals surface area contributed by atoms with E-state index in [1.165, 1.54) is 0 Å². The van der Waals surface area contributed by atoms with Gasteiger partial charge in [-0.1, -0.05) is 0 Å². The summed E-state index contributed by atoms with van der Waals surface area (Å²) in [4.78, 5) is 4.41. The zero-order valence-electron chi connectivity index (χ0n) is 11.0. The Morgan fingerprint density at radius 2 is 1.94 bits per heavy atom. The first-order valence-electron chi connectivity index (χ1n) is 5.64. The second-order valence-electron chi connectivity index (χ2n) is 5.29. The molecule has 0 radical (unpaired) electrons. The zero-order chi connectivity index (χ0) is 12.8. The molecule has 92 valence electrons. The Morgan fingerprint density at radius 3 is 2.35 bits per heavy atom. The van der Waals surface area contributed by atoms with Gasteiger partial charge in [-0.15, -0.1) is 0 Å². The molecule has 0 fully saturated rings. The molecule has 0 saturated carbocycles. The molecule has 0 saturated heterocycles. The standard InChI is InChI=1S/C12H19N5/c1-8-9(6-15-16(8)5)10-11(13)17(7-14-10)12(2,3)4/h6-7H,13H2,1-5H3. The third-order valence-corrected chi connectivity index (χ3v) is 3.02. The summed E-state index contributed by atoms with van der Waals surface area (Å²) in [5, 5.41) is 4.22. The van der Waals surface area contributed by atoms with Gasteiger partial charge >= 0.3 is 0 Å². The lowest BCUT2D eigenvalue weighted by Gasteiger charge is -2.22. The molecule has 17 heavy (non-hydrogen) atoms. The van der Waals surface area contributed by atoms with E-state index >= 15 is 0 Å². The van der Waals surface area contributed by atoms with Gasteiger partial charge in [0.15, 0.2) is 0 Å². The summed E-state index contributed by atoms with van der Waals surface area (Å²) in [6.45, 7) is 8.32. The molecule has 2 aromatic rings. The van der Waals surface area contributed by atoms with E-state index in [4.69, 9.17) is 5.73 Å². The number of imidazole rings is 1. The van der Waals surface area contributed by atoms with Crippen LogP contribution in [0.2, 0.25) is 0 Å². The van der Waals surface area contributed by atoms with Crippen LogP contribution in [-0.2, 0) is 12.6 Å². The van der Waals surface area contributed by atoms with Gasteiger partial charge in [-0.05, 0) is 27.7 Å². The van der Waals surface area contributed by atoms with E-state index in [-0.39, 0.29) is 5.54 Å².